The highest BCUT2D eigenvalue weighted by Gasteiger charge is 2.37. The summed E-state index contributed by atoms with van der Waals surface area (Å²) in [5, 5.41) is -1.16. The number of carbonyl (C=O) groups excluding carboxylic acids is 1. The van der Waals surface area contributed by atoms with Crippen LogP contribution in [-0.4, -0.2) is 63.1 Å². The molecule has 0 spiro atoms. The van der Waals surface area contributed by atoms with Crippen molar-refractivity contribution < 1.29 is 17.1 Å². The average Bonchev–Trinajstić information content (AvgIpc) is 2.54. The molecule has 0 aliphatic carbocycles. The second kappa shape index (κ2) is 5.77. The molecule has 17 heavy (non-hydrogen) atoms. The lowest BCUT2D eigenvalue weighted by atomic mass is 10.3. The molecule has 1 rings (SSSR count). The Balaban J connectivity index is 2.34. The lowest BCUT2D eigenvalue weighted by Crippen LogP contribution is -2.28. The van der Waals surface area contributed by atoms with Crippen LogP contribution >= 0.6 is 0 Å². The number of hydrogen-bond acceptors (Lipinski definition) is 4. The van der Waals surface area contributed by atoms with Gasteiger partial charge >= 0.3 is 10.2 Å². The summed E-state index contributed by atoms with van der Waals surface area (Å²) in [6.45, 7) is 1.44. The molecule has 1 fully saturated rings. The molecule has 1 saturated heterocycles. The average molecular weight is 266 g/mol. The fraction of sp³-hybridized carbons (Fsp3) is 0.900. The van der Waals surface area contributed by atoms with Crippen LogP contribution in [0.25, 0.3) is 0 Å². The number of nitrogens with zero attached hydrogens (tertiary/aromatic N) is 2. The summed E-state index contributed by atoms with van der Waals surface area (Å²) in [6, 6.07) is 0. The minimum absolute atomic E-state index is 0.000366. The van der Waals surface area contributed by atoms with Gasteiger partial charge in [-0.2, -0.15) is 8.42 Å². The van der Waals surface area contributed by atoms with Crippen molar-refractivity contribution >= 4 is 16.1 Å². The maximum Gasteiger partial charge on any atom is 0.307 e. The Labute approximate surface area is 102 Å². The van der Waals surface area contributed by atoms with Crippen molar-refractivity contribution in [2.24, 2.45) is 0 Å². The topological polar surface area (TPSA) is 57.7 Å². The summed E-state index contributed by atoms with van der Waals surface area (Å²) in [7, 11) is -0.653. The number of halogens is 1. The number of hydrogen-bond donors (Lipinski definition) is 0. The highest BCUT2D eigenvalue weighted by Crippen LogP contribution is 2.19. The lowest BCUT2D eigenvalue weighted by Gasteiger charge is -2.16. The molecule has 5 nitrogen and oxygen atoms in total. The third-order valence-electron chi connectivity index (χ3n) is 2.86. The van der Waals surface area contributed by atoms with Crippen LogP contribution < -0.4 is 0 Å². The third-order valence-corrected chi connectivity index (χ3v) is 3.97. The molecule has 1 aliphatic heterocycles. The van der Waals surface area contributed by atoms with Gasteiger partial charge in [0.15, 0.2) is 0 Å². The van der Waals surface area contributed by atoms with E-state index in [4.69, 9.17) is 0 Å². The van der Waals surface area contributed by atoms with Crippen LogP contribution in [0, 0.1) is 0 Å². The third kappa shape index (κ3) is 4.59. The molecule has 1 atom stereocenters. The maximum absolute atomic E-state index is 12.7. The van der Waals surface area contributed by atoms with E-state index >= 15 is 0 Å². The first kappa shape index (κ1) is 14.4. The maximum atomic E-state index is 12.7. The molecule has 1 heterocycles. The molecule has 0 aromatic heterocycles. The largest absolute Gasteiger partial charge is 0.341 e. The fourth-order valence-corrected chi connectivity index (χ4v) is 2.57. The van der Waals surface area contributed by atoms with Crippen LogP contribution in [-0.2, 0) is 15.0 Å². The van der Waals surface area contributed by atoms with Crippen molar-refractivity contribution in [2.45, 2.75) is 24.5 Å². The number of amides is 1. The number of unbranched alkanes of at least 4 members (excludes halogenated alkanes) is 1. The number of rotatable bonds is 6. The van der Waals surface area contributed by atoms with Gasteiger partial charge in [-0.25, -0.2) is 0 Å². The van der Waals surface area contributed by atoms with E-state index < -0.39 is 15.5 Å². The lowest BCUT2D eigenvalue weighted by molar-refractivity contribution is -0.127. The summed E-state index contributed by atoms with van der Waals surface area (Å²) in [4.78, 5) is 14.9. The summed E-state index contributed by atoms with van der Waals surface area (Å²) >= 11 is 0. The summed E-state index contributed by atoms with van der Waals surface area (Å²) in [5.41, 5.74) is 0. The Hall–Kier alpha value is -0.690. The summed E-state index contributed by atoms with van der Waals surface area (Å²) < 4.78 is 34.1. The second-order valence-electron chi connectivity index (χ2n) is 4.65. The Morgan fingerprint density at radius 2 is 2.06 bits per heavy atom. The monoisotopic (exact) mass is 266 g/mol. The molecule has 0 aromatic rings. The first-order chi connectivity index (χ1) is 7.80. The number of likely N-dealkylation sites (tertiary alicyclic amines) is 1. The van der Waals surface area contributed by atoms with Crippen molar-refractivity contribution in [1.29, 1.82) is 0 Å². The van der Waals surface area contributed by atoms with Crippen molar-refractivity contribution in [3.05, 3.63) is 0 Å². The van der Waals surface area contributed by atoms with E-state index in [0.717, 1.165) is 19.4 Å². The molecule has 1 aliphatic rings. The van der Waals surface area contributed by atoms with Crippen LogP contribution in [0.1, 0.15) is 19.3 Å². The molecule has 0 aromatic carbocycles. The van der Waals surface area contributed by atoms with Crippen LogP contribution in [0.15, 0.2) is 0 Å². The van der Waals surface area contributed by atoms with E-state index in [9.17, 15) is 17.1 Å². The first-order valence-corrected chi connectivity index (χ1v) is 7.11. The predicted molar refractivity (Wildman–Crippen MR) is 62.8 cm³/mol. The van der Waals surface area contributed by atoms with Crippen molar-refractivity contribution in [3.8, 4) is 0 Å². The molecule has 100 valence electrons. The summed E-state index contributed by atoms with van der Waals surface area (Å²) in [5.74, 6) is -0.263. The molecule has 1 unspecified atom stereocenters. The van der Waals surface area contributed by atoms with Gasteiger partial charge in [0.1, 0.15) is 5.25 Å². The smallest absolute Gasteiger partial charge is 0.307 e. The van der Waals surface area contributed by atoms with Gasteiger partial charge in [-0.1, -0.05) is 0 Å². The molecule has 7 heteroatoms. The van der Waals surface area contributed by atoms with Crippen molar-refractivity contribution in [2.75, 3.05) is 33.7 Å². The molecule has 0 N–H and O–H groups in total. The van der Waals surface area contributed by atoms with Gasteiger partial charge in [-0.3, -0.25) is 4.79 Å². The van der Waals surface area contributed by atoms with E-state index in [1.165, 1.54) is 4.90 Å². The molecular weight excluding hydrogens is 247 g/mol. The zero-order valence-corrected chi connectivity index (χ0v) is 11.0. The van der Waals surface area contributed by atoms with Gasteiger partial charge in [0.25, 0.3) is 0 Å². The van der Waals surface area contributed by atoms with Gasteiger partial charge in [0, 0.05) is 19.5 Å². The van der Waals surface area contributed by atoms with Crippen LogP contribution in [0.3, 0.4) is 0 Å². The molecule has 0 saturated carbocycles. The minimum atomic E-state index is -4.58. The van der Waals surface area contributed by atoms with E-state index in [2.05, 4.69) is 0 Å². The van der Waals surface area contributed by atoms with E-state index in [-0.39, 0.29) is 18.9 Å². The Morgan fingerprint density at radius 3 is 2.53 bits per heavy atom. The van der Waals surface area contributed by atoms with Crippen molar-refractivity contribution in [1.82, 2.24) is 9.80 Å². The van der Waals surface area contributed by atoms with E-state index in [1.54, 1.807) is 0 Å². The molecule has 1 amide bonds. The predicted octanol–water partition coefficient (Wildman–Crippen LogP) is 0.228. The normalized spacial score (nSPS) is 21.5. The van der Waals surface area contributed by atoms with Crippen LogP contribution in [0.2, 0.25) is 0 Å². The molecule has 0 bridgehead atoms. The molecule has 0 radical (unpaired) electrons. The summed E-state index contributed by atoms with van der Waals surface area (Å²) in [6.07, 6.45) is 1.53. The van der Waals surface area contributed by atoms with Gasteiger partial charge in [0.05, 0.1) is 0 Å². The van der Waals surface area contributed by atoms with Gasteiger partial charge in [-0.05, 0) is 33.5 Å². The fourth-order valence-electron chi connectivity index (χ4n) is 1.87. The first-order valence-electron chi connectivity index (χ1n) is 5.66. The molecular formula is C10H19FN2O3S. The van der Waals surface area contributed by atoms with Gasteiger partial charge in [-0.15, -0.1) is 3.89 Å². The van der Waals surface area contributed by atoms with Gasteiger partial charge in [0.2, 0.25) is 5.91 Å². The van der Waals surface area contributed by atoms with Crippen LogP contribution in [0.5, 0.6) is 0 Å². The SMILES string of the molecule is CN(C)CCCCN1CC(S(=O)(=O)F)CC1=O. The second-order valence-corrected chi connectivity index (χ2v) is 6.27. The Morgan fingerprint density at radius 1 is 1.41 bits per heavy atom. The zero-order chi connectivity index (χ0) is 13.1. The zero-order valence-electron chi connectivity index (χ0n) is 10.2. The highest BCUT2D eigenvalue weighted by molar-refractivity contribution is 7.87. The van der Waals surface area contributed by atoms with E-state index in [0.29, 0.717) is 6.54 Å². The number of carbonyl (C=O) groups is 1. The van der Waals surface area contributed by atoms with Gasteiger partial charge < -0.3 is 9.80 Å². The van der Waals surface area contributed by atoms with E-state index in [1.807, 2.05) is 19.0 Å². The Kier molecular flexibility index (Phi) is 4.88. The van der Waals surface area contributed by atoms with Crippen molar-refractivity contribution in [3.63, 3.8) is 0 Å². The Bertz CT molecular complexity index is 370. The standard InChI is InChI=1S/C10H19FN2O3S/c1-12(2)5-3-4-6-13-8-9(7-10(13)14)17(11,15)16/h9H,3-8H2,1-2H3. The minimum Gasteiger partial charge on any atom is -0.341 e. The highest BCUT2D eigenvalue weighted by atomic mass is 32.3. The van der Waals surface area contributed by atoms with Crippen LogP contribution in [0.4, 0.5) is 3.89 Å². The quantitative estimate of drug-likeness (QED) is 0.510.